The summed E-state index contributed by atoms with van der Waals surface area (Å²) in [6.45, 7) is 8.48. The van der Waals surface area contributed by atoms with Gasteiger partial charge in [-0.2, -0.15) is 0 Å². The number of ether oxygens (including phenoxy) is 1. The van der Waals surface area contributed by atoms with Gasteiger partial charge in [0.05, 0.1) is 6.42 Å². The van der Waals surface area contributed by atoms with Gasteiger partial charge in [-0.25, -0.2) is 0 Å². The highest BCUT2D eigenvalue weighted by molar-refractivity contribution is 5.70. The summed E-state index contributed by atoms with van der Waals surface area (Å²) in [5.41, 5.74) is 1.83. The molecule has 0 amide bonds. The number of aldehydes is 1. The average molecular weight is 396 g/mol. The Labute approximate surface area is 174 Å². The average Bonchev–Trinajstić information content (AvgIpc) is 2.69. The molecule has 0 aliphatic rings. The summed E-state index contributed by atoms with van der Waals surface area (Å²) in [4.78, 5) is 26.0. The van der Waals surface area contributed by atoms with Crippen molar-refractivity contribution in [2.45, 2.75) is 71.2 Å². The fourth-order valence-corrected chi connectivity index (χ4v) is 3.52. The van der Waals surface area contributed by atoms with E-state index in [1.165, 1.54) is 11.1 Å². The molecule has 0 heterocycles. The van der Waals surface area contributed by atoms with Gasteiger partial charge < -0.3 is 9.53 Å². The monoisotopic (exact) mass is 395 g/mol. The SMILES string of the molecule is C[C@@H](c1ccccc1)N(Cc1ccccc1)[C@@H](CCC=O)CC(=O)OC(C)(C)C. The van der Waals surface area contributed by atoms with E-state index in [1.807, 2.05) is 57.2 Å². The first-order chi connectivity index (χ1) is 13.8. The molecule has 2 atom stereocenters. The van der Waals surface area contributed by atoms with Crippen LogP contribution in [0.25, 0.3) is 0 Å². The number of esters is 1. The molecule has 0 radical (unpaired) electrons. The quantitative estimate of drug-likeness (QED) is 0.403. The highest BCUT2D eigenvalue weighted by Gasteiger charge is 2.28. The van der Waals surface area contributed by atoms with Crippen LogP contribution in [0, 0.1) is 0 Å². The first-order valence-corrected chi connectivity index (χ1v) is 10.3. The van der Waals surface area contributed by atoms with Crippen LogP contribution in [-0.4, -0.2) is 28.8 Å². The van der Waals surface area contributed by atoms with Gasteiger partial charge in [-0.15, -0.1) is 0 Å². The van der Waals surface area contributed by atoms with E-state index in [4.69, 9.17) is 4.74 Å². The van der Waals surface area contributed by atoms with Crippen molar-refractivity contribution < 1.29 is 14.3 Å². The van der Waals surface area contributed by atoms with E-state index in [9.17, 15) is 9.59 Å². The number of nitrogens with zero attached hydrogens (tertiary/aromatic N) is 1. The molecule has 2 rings (SSSR count). The number of hydrogen-bond acceptors (Lipinski definition) is 4. The van der Waals surface area contributed by atoms with E-state index in [-0.39, 0.29) is 24.5 Å². The topological polar surface area (TPSA) is 46.6 Å². The van der Waals surface area contributed by atoms with Crippen molar-refractivity contribution in [1.82, 2.24) is 4.90 Å². The van der Waals surface area contributed by atoms with Gasteiger partial charge >= 0.3 is 5.97 Å². The maximum atomic E-state index is 12.6. The van der Waals surface area contributed by atoms with E-state index >= 15 is 0 Å². The molecule has 0 saturated heterocycles. The van der Waals surface area contributed by atoms with E-state index in [0.717, 1.165) is 6.29 Å². The molecular formula is C25H33NO3. The third-order valence-corrected chi connectivity index (χ3v) is 4.90. The zero-order valence-corrected chi connectivity index (χ0v) is 18.0. The molecule has 0 aromatic heterocycles. The Morgan fingerprint density at radius 3 is 2.17 bits per heavy atom. The van der Waals surface area contributed by atoms with Crippen LogP contribution < -0.4 is 0 Å². The molecule has 4 heteroatoms. The zero-order valence-electron chi connectivity index (χ0n) is 18.0. The summed E-state index contributed by atoms with van der Waals surface area (Å²) in [6, 6.07) is 20.5. The second-order valence-corrected chi connectivity index (χ2v) is 8.43. The summed E-state index contributed by atoms with van der Waals surface area (Å²) < 4.78 is 5.58. The molecule has 4 nitrogen and oxygen atoms in total. The second kappa shape index (κ2) is 10.9. The molecule has 0 unspecified atom stereocenters. The van der Waals surface area contributed by atoms with Gasteiger partial charge in [0.1, 0.15) is 11.9 Å². The van der Waals surface area contributed by atoms with Gasteiger partial charge in [-0.3, -0.25) is 9.69 Å². The van der Waals surface area contributed by atoms with Crippen LogP contribution in [0.15, 0.2) is 60.7 Å². The minimum atomic E-state index is -0.526. The van der Waals surface area contributed by atoms with Crippen LogP contribution >= 0.6 is 0 Å². The molecule has 2 aromatic rings. The fourth-order valence-electron chi connectivity index (χ4n) is 3.52. The lowest BCUT2D eigenvalue weighted by molar-refractivity contribution is -0.156. The van der Waals surface area contributed by atoms with Crippen molar-refractivity contribution in [2.24, 2.45) is 0 Å². The Bertz CT molecular complexity index is 753. The molecule has 0 aliphatic carbocycles. The summed E-state index contributed by atoms with van der Waals surface area (Å²) in [5, 5.41) is 0. The summed E-state index contributed by atoms with van der Waals surface area (Å²) >= 11 is 0. The number of carbonyl (C=O) groups excluding carboxylic acids is 2. The minimum absolute atomic E-state index is 0.0922. The van der Waals surface area contributed by atoms with Gasteiger partial charge in [0.15, 0.2) is 0 Å². The molecule has 0 bridgehead atoms. The fraction of sp³-hybridized carbons (Fsp3) is 0.440. The molecular weight excluding hydrogens is 362 g/mol. The van der Waals surface area contributed by atoms with Crippen molar-refractivity contribution in [3.05, 3.63) is 71.8 Å². The predicted octanol–water partition coefficient (Wildman–Crippen LogP) is 5.33. The number of hydrogen-bond donors (Lipinski definition) is 0. The van der Waals surface area contributed by atoms with Gasteiger partial charge in [0.2, 0.25) is 0 Å². The Kier molecular flexibility index (Phi) is 8.59. The van der Waals surface area contributed by atoms with Gasteiger partial charge in [0.25, 0.3) is 0 Å². The highest BCUT2D eigenvalue weighted by Crippen LogP contribution is 2.28. The van der Waals surface area contributed by atoms with E-state index < -0.39 is 5.60 Å². The van der Waals surface area contributed by atoms with Crippen molar-refractivity contribution in [3.63, 3.8) is 0 Å². The zero-order chi connectivity index (χ0) is 21.3. The first kappa shape index (κ1) is 22.8. The lowest BCUT2D eigenvalue weighted by Crippen LogP contribution is -2.39. The second-order valence-electron chi connectivity index (χ2n) is 8.43. The van der Waals surface area contributed by atoms with Crippen LogP contribution in [0.3, 0.4) is 0 Å². The van der Waals surface area contributed by atoms with Crippen LogP contribution in [-0.2, 0) is 20.9 Å². The summed E-state index contributed by atoms with van der Waals surface area (Å²) in [6.07, 6.45) is 2.22. The summed E-state index contributed by atoms with van der Waals surface area (Å²) in [7, 11) is 0. The van der Waals surface area contributed by atoms with Crippen molar-refractivity contribution in [1.29, 1.82) is 0 Å². The van der Waals surface area contributed by atoms with Gasteiger partial charge in [0, 0.05) is 25.0 Å². The highest BCUT2D eigenvalue weighted by atomic mass is 16.6. The van der Waals surface area contributed by atoms with E-state index in [2.05, 4.69) is 36.1 Å². The minimum Gasteiger partial charge on any atom is -0.460 e. The Balaban J connectivity index is 2.31. The predicted molar refractivity (Wildman–Crippen MR) is 116 cm³/mol. The van der Waals surface area contributed by atoms with Crippen LogP contribution in [0.2, 0.25) is 0 Å². The molecule has 0 saturated carbocycles. The number of carbonyl (C=O) groups is 2. The summed E-state index contributed by atoms with van der Waals surface area (Å²) in [5.74, 6) is -0.230. The van der Waals surface area contributed by atoms with Crippen molar-refractivity contribution >= 4 is 12.3 Å². The third kappa shape index (κ3) is 7.82. The van der Waals surface area contributed by atoms with Gasteiger partial charge in [-0.1, -0.05) is 60.7 Å². The molecule has 0 N–H and O–H groups in total. The van der Waals surface area contributed by atoms with Gasteiger partial charge in [-0.05, 0) is 45.2 Å². The number of benzene rings is 2. The lowest BCUT2D eigenvalue weighted by atomic mass is 9.99. The molecule has 156 valence electrons. The molecule has 0 fully saturated rings. The Morgan fingerprint density at radius 2 is 1.62 bits per heavy atom. The van der Waals surface area contributed by atoms with E-state index in [1.54, 1.807) is 0 Å². The number of rotatable bonds is 10. The third-order valence-electron chi connectivity index (χ3n) is 4.90. The Morgan fingerprint density at radius 1 is 1.03 bits per heavy atom. The molecule has 2 aromatic carbocycles. The molecule has 0 aliphatic heterocycles. The Hall–Kier alpha value is -2.46. The first-order valence-electron chi connectivity index (χ1n) is 10.3. The normalized spacial score (nSPS) is 13.7. The van der Waals surface area contributed by atoms with Crippen LogP contribution in [0.4, 0.5) is 0 Å². The maximum absolute atomic E-state index is 12.6. The van der Waals surface area contributed by atoms with Crippen LogP contribution in [0.1, 0.15) is 64.1 Å². The maximum Gasteiger partial charge on any atom is 0.307 e. The molecule has 0 spiro atoms. The largest absolute Gasteiger partial charge is 0.460 e. The standard InChI is InChI=1S/C25H33NO3/c1-20(22-14-9-6-10-15-22)26(19-21-12-7-5-8-13-21)23(16-11-17-27)18-24(28)29-25(2,3)4/h5-10,12-15,17,20,23H,11,16,18-19H2,1-4H3/t20-,23-/m0/s1. The lowest BCUT2D eigenvalue weighted by Gasteiger charge is -2.37. The molecule has 29 heavy (non-hydrogen) atoms. The smallest absolute Gasteiger partial charge is 0.307 e. The van der Waals surface area contributed by atoms with E-state index in [0.29, 0.717) is 19.4 Å². The van der Waals surface area contributed by atoms with Crippen molar-refractivity contribution in [2.75, 3.05) is 0 Å². The van der Waals surface area contributed by atoms with Crippen molar-refractivity contribution in [3.8, 4) is 0 Å². The van der Waals surface area contributed by atoms with Crippen LogP contribution in [0.5, 0.6) is 0 Å².